The summed E-state index contributed by atoms with van der Waals surface area (Å²) in [5, 5.41) is 11.4. The van der Waals surface area contributed by atoms with Crippen LogP contribution >= 0.6 is 15.9 Å². The van der Waals surface area contributed by atoms with Crippen molar-refractivity contribution < 1.29 is 9.15 Å². The summed E-state index contributed by atoms with van der Waals surface area (Å²) in [5.41, 5.74) is 3.01. The summed E-state index contributed by atoms with van der Waals surface area (Å²) in [4.78, 5) is 0. The van der Waals surface area contributed by atoms with Gasteiger partial charge in [-0.25, -0.2) is 0 Å². The van der Waals surface area contributed by atoms with Gasteiger partial charge in [-0.3, -0.25) is 0 Å². The average molecular weight is 374 g/mol. The molecule has 0 radical (unpaired) electrons. The largest absolute Gasteiger partial charge is 0.497 e. The molecule has 1 N–H and O–H groups in total. The van der Waals surface area contributed by atoms with Gasteiger partial charge in [-0.2, -0.15) is 0 Å². The van der Waals surface area contributed by atoms with Crippen molar-refractivity contribution in [3.8, 4) is 17.2 Å². The smallest absolute Gasteiger partial charge is 0.247 e. The number of nitrogens with zero attached hydrogens (tertiary/aromatic N) is 2. The molecule has 0 atom stereocenters. The number of anilines is 1. The molecule has 3 aromatic rings. The Morgan fingerprint density at radius 2 is 2.04 bits per heavy atom. The zero-order chi connectivity index (χ0) is 16.2. The Labute approximate surface area is 142 Å². The van der Waals surface area contributed by atoms with Crippen LogP contribution in [0.15, 0.2) is 51.4 Å². The molecule has 1 heterocycles. The summed E-state index contributed by atoms with van der Waals surface area (Å²) in [6.07, 6.45) is 0. The molecule has 5 nitrogen and oxygen atoms in total. The van der Waals surface area contributed by atoms with E-state index in [-0.39, 0.29) is 0 Å². The van der Waals surface area contributed by atoms with Crippen LogP contribution in [0, 0.1) is 6.92 Å². The molecule has 0 saturated heterocycles. The molecular formula is C17H16BrN3O2. The molecule has 0 saturated carbocycles. The maximum Gasteiger partial charge on any atom is 0.247 e. The second-order valence-electron chi connectivity index (χ2n) is 5.05. The number of halogens is 1. The predicted molar refractivity (Wildman–Crippen MR) is 92.5 cm³/mol. The van der Waals surface area contributed by atoms with Crippen molar-refractivity contribution in [2.24, 2.45) is 0 Å². The van der Waals surface area contributed by atoms with Gasteiger partial charge in [0.25, 0.3) is 0 Å². The van der Waals surface area contributed by atoms with E-state index in [9.17, 15) is 0 Å². The second kappa shape index (κ2) is 6.83. The Balaban J connectivity index is 1.70. The van der Waals surface area contributed by atoms with Crippen LogP contribution < -0.4 is 10.1 Å². The summed E-state index contributed by atoms with van der Waals surface area (Å²) in [5.74, 6) is 1.77. The molecule has 6 heteroatoms. The highest BCUT2D eigenvalue weighted by Crippen LogP contribution is 2.23. The van der Waals surface area contributed by atoms with Gasteiger partial charge in [-0.15, -0.1) is 10.2 Å². The standard InChI is InChI=1S/C17H16BrN3O2/c1-11-8-13(6-7-15(11)18)19-10-16-20-21-17(23-16)12-4-3-5-14(9-12)22-2/h3-9,19H,10H2,1-2H3. The van der Waals surface area contributed by atoms with E-state index in [1.807, 2.05) is 43.3 Å². The first kappa shape index (κ1) is 15.6. The van der Waals surface area contributed by atoms with Crippen molar-refractivity contribution in [3.63, 3.8) is 0 Å². The Kier molecular flexibility index (Phi) is 4.62. The highest BCUT2D eigenvalue weighted by Gasteiger charge is 2.09. The van der Waals surface area contributed by atoms with Crippen LogP contribution in [-0.2, 0) is 6.54 Å². The number of benzene rings is 2. The zero-order valence-corrected chi connectivity index (χ0v) is 14.4. The first-order valence-electron chi connectivity index (χ1n) is 7.12. The van der Waals surface area contributed by atoms with Crippen molar-refractivity contribution in [1.29, 1.82) is 0 Å². The molecule has 118 valence electrons. The monoisotopic (exact) mass is 373 g/mol. The molecule has 0 amide bonds. The number of aryl methyl sites for hydroxylation is 1. The Bertz CT molecular complexity index is 817. The third-order valence-electron chi connectivity index (χ3n) is 3.39. The highest BCUT2D eigenvalue weighted by atomic mass is 79.9. The number of nitrogens with one attached hydrogen (secondary N) is 1. The van der Waals surface area contributed by atoms with Gasteiger partial charge in [-0.05, 0) is 48.9 Å². The molecule has 0 aliphatic heterocycles. The van der Waals surface area contributed by atoms with E-state index < -0.39 is 0 Å². The molecule has 1 aromatic heterocycles. The zero-order valence-electron chi connectivity index (χ0n) is 12.8. The number of hydrogen-bond donors (Lipinski definition) is 1. The molecule has 0 unspecified atom stereocenters. The first-order valence-corrected chi connectivity index (χ1v) is 7.92. The van der Waals surface area contributed by atoms with Crippen LogP contribution in [0.3, 0.4) is 0 Å². The summed E-state index contributed by atoms with van der Waals surface area (Å²) in [7, 11) is 1.63. The van der Waals surface area contributed by atoms with E-state index in [2.05, 4.69) is 37.5 Å². The minimum absolute atomic E-state index is 0.470. The molecule has 0 bridgehead atoms. The number of rotatable bonds is 5. The van der Waals surface area contributed by atoms with E-state index in [0.717, 1.165) is 27.0 Å². The third kappa shape index (κ3) is 3.71. The van der Waals surface area contributed by atoms with Crippen molar-refractivity contribution in [3.05, 3.63) is 58.4 Å². The van der Waals surface area contributed by atoms with Crippen molar-refractivity contribution in [2.75, 3.05) is 12.4 Å². The maximum atomic E-state index is 5.70. The fraction of sp³-hybridized carbons (Fsp3) is 0.176. The van der Waals surface area contributed by atoms with E-state index in [1.165, 1.54) is 0 Å². The topological polar surface area (TPSA) is 60.2 Å². The average Bonchev–Trinajstić information content (AvgIpc) is 3.05. The van der Waals surface area contributed by atoms with Gasteiger partial charge in [0.15, 0.2) is 0 Å². The number of methoxy groups -OCH3 is 1. The van der Waals surface area contributed by atoms with E-state index >= 15 is 0 Å². The van der Waals surface area contributed by atoms with Gasteiger partial charge < -0.3 is 14.5 Å². The molecule has 23 heavy (non-hydrogen) atoms. The van der Waals surface area contributed by atoms with Crippen LogP contribution in [0.2, 0.25) is 0 Å². The Morgan fingerprint density at radius 3 is 2.83 bits per heavy atom. The van der Waals surface area contributed by atoms with E-state index in [1.54, 1.807) is 7.11 Å². The van der Waals surface area contributed by atoms with E-state index in [4.69, 9.17) is 9.15 Å². The molecule has 2 aromatic carbocycles. The van der Waals surface area contributed by atoms with E-state index in [0.29, 0.717) is 18.3 Å². The lowest BCUT2D eigenvalue weighted by molar-refractivity contribution is 0.414. The van der Waals surface area contributed by atoms with Crippen LogP contribution in [0.4, 0.5) is 5.69 Å². The summed E-state index contributed by atoms with van der Waals surface area (Å²) in [6, 6.07) is 13.6. The van der Waals surface area contributed by atoms with Crippen LogP contribution in [0.5, 0.6) is 5.75 Å². The fourth-order valence-corrected chi connectivity index (χ4v) is 2.38. The van der Waals surface area contributed by atoms with Crippen molar-refractivity contribution >= 4 is 21.6 Å². The van der Waals surface area contributed by atoms with Crippen molar-refractivity contribution in [2.45, 2.75) is 13.5 Å². The van der Waals surface area contributed by atoms with Gasteiger partial charge in [0.1, 0.15) is 5.75 Å². The number of ether oxygens (including phenoxy) is 1. The van der Waals surface area contributed by atoms with Gasteiger partial charge in [-0.1, -0.05) is 22.0 Å². The van der Waals surface area contributed by atoms with Crippen LogP contribution in [0.25, 0.3) is 11.5 Å². The Morgan fingerprint density at radius 1 is 1.17 bits per heavy atom. The molecule has 3 rings (SSSR count). The molecular weight excluding hydrogens is 358 g/mol. The number of aromatic nitrogens is 2. The molecule has 0 aliphatic rings. The quantitative estimate of drug-likeness (QED) is 0.716. The second-order valence-corrected chi connectivity index (χ2v) is 5.90. The highest BCUT2D eigenvalue weighted by molar-refractivity contribution is 9.10. The summed E-state index contributed by atoms with van der Waals surface area (Å²) in [6.45, 7) is 2.51. The first-order chi connectivity index (χ1) is 11.2. The molecule has 0 aliphatic carbocycles. The lowest BCUT2D eigenvalue weighted by atomic mass is 10.2. The third-order valence-corrected chi connectivity index (χ3v) is 4.27. The maximum absolute atomic E-state index is 5.70. The Hall–Kier alpha value is -2.34. The fourth-order valence-electron chi connectivity index (χ4n) is 2.13. The van der Waals surface area contributed by atoms with Gasteiger partial charge >= 0.3 is 0 Å². The normalized spacial score (nSPS) is 10.6. The summed E-state index contributed by atoms with van der Waals surface area (Å²) >= 11 is 3.49. The van der Waals surface area contributed by atoms with Gasteiger partial charge in [0.2, 0.25) is 11.8 Å². The minimum atomic E-state index is 0.470. The number of hydrogen-bond acceptors (Lipinski definition) is 5. The van der Waals surface area contributed by atoms with Crippen LogP contribution in [-0.4, -0.2) is 17.3 Å². The summed E-state index contributed by atoms with van der Waals surface area (Å²) < 4.78 is 12.0. The lowest BCUT2D eigenvalue weighted by Gasteiger charge is -2.05. The molecule has 0 fully saturated rings. The van der Waals surface area contributed by atoms with Crippen LogP contribution in [0.1, 0.15) is 11.5 Å². The predicted octanol–water partition coefficient (Wildman–Crippen LogP) is 4.43. The van der Waals surface area contributed by atoms with Gasteiger partial charge in [0.05, 0.1) is 13.7 Å². The van der Waals surface area contributed by atoms with Crippen molar-refractivity contribution in [1.82, 2.24) is 10.2 Å². The SMILES string of the molecule is COc1cccc(-c2nnc(CNc3ccc(Br)c(C)c3)o2)c1. The lowest BCUT2D eigenvalue weighted by Crippen LogP contribution is -1.99. The van der Waals surface area contributed by atoms with Gasteiger partial charge in [0, 0.05) is 15.7 Å². The molecule has 0 spiro atoms. The minimum Gasteiger partial charge on any atom is -0.497 e.